The molecule has 0 aromatic rings. The summed E-state index contributed by atoms with van der Waals surface area (Å²) >= 11 is 0. The van der Waals surface area contributed by atoms with Crippen LogP contribution in [0.3, 0.4) is 0 Å². The molecule has 0 aliphatic carbocycles. The summed E-state index contributed by atoms with van der Waals surface area (Å²) < 4.78 is 0. The molecule has 0 unspecified atom stereocenters. The number of rotatable bonds is 2. The highest BCUT2D eigenvalue weighted by molar-refractivity contribution is 5.85. The largest absolute Gasteiger partial charge is 0.297 e. The second-order valence-electron chi connectivity index (χ2n) is 4.41. The van der Waals surface area contributed by atoms with Gasteiger partial charge < -0.3 is 0 Å². The van der Waals surface area contributed by atoms with Crippen molar-refractivity contribution < 1.29 is 0 Å². The number of piperidine rings is 1. The third-order valence-electron chi connectivity index (χ3n) is 3.59. The summed E-state index contributed by atoms with van der Waals surface area (Å²) in [5.41, 5.74) is 0. The Hall–Kier alpha value is 0.250. The van der Waals surface area contributed by atoms with E-state index in [-0.39, 0.29) is 12.4 Å². The Labute approximate surface area is 88.3 Å². The van der Waals surface area contributed by atoms with Crippen molar-refractivity contribution in [3.8, 4) is 0 Å². The van der Waals surface area contributed by atoms with Crippen LogP contribution in [0, 0.1) is 0 Å². The highest BCUT2D eigenvalue weighted by atomic mass is 35.5. The van der Waals surface area contributed by atoms with Gasteiger partial charge in [-0.1, -0.05) is 19.8 Å². The molecule has 2 atom stereocenters. The summed E-state index contributed by atoms with van der Waals surface area (Å²) in [6.45, 7) is 3.72. The van der Waals surface area contributed by atoms with Gasteiger partial charge in [-0.3, -0.25) is 4.90 Å². The zero-order chi connectivity index (χ0) is 8.39. The molecule has 0 amide bonds. The van der Waals surface area contributed by atoms with Crippen molar-refractivity contribution >= 4 is 12.4 Å². The summed E-state index contributed by atoms with van der Waals surface area (Å²) in [5, 5.41) is 0. The van der Waals surface area contributed by atoms with Crippen molar-refractivity contribution in [2.75, 3.05) is 6.54 Å². The minimum absolute atomic E-state index is 0. The Kier molecular flexibility index (Phi) is 4.54. The third kappa shape index (κ3) is 2.38. The van der Waals surface area contributed by atoms with Crippen LogP contribution >= 0.6 is 12.4 Å². The predicted octanol–water partition coefficient (Wildman–Crippen LogP) is 3.23. The van der Waals surface area contributed by atoms with Gasteiger partial charge in [-0.15, -0.1) is 12.4 Å². The molecule has 0 bridgehead atoms. The van der Waals surface area contributed by atoms with Gasteiger partial charge in [0.25, 0.3) is 0 Å². The van der Waals surface area contributed by atoms with Crippen LogP contribution in [0.2, 0.25) is 0 Å². The van der Waals surface area contributed by atoms with Crippen molar-refractivity contribution in [3.05, 3.63) is 0 Å². The van der Waals surface area contributed by atoms with Gasteiger partial charge in [-0.2, -0.15) is 0 Å². The van der Waals surface area contributed by atoms with Gasteiger partial charge in [0.05, 0.1) is 0 Å². The minimum atomic E-state index is 0. The molecular weight excluding hydrogens is 182 g/mol. The van der Waals surface area contributed by atoms with Crippen LogP contribution in [0.25, 0.3) is 0 Å². The lowest BCUT2D eigenvalue weighted by molar-refractivity contribution is 0.116. The van der Waals surface area contributed by atoms with Gasteiger partial charge in [0.2, 0.25) is 0 Å². The maximum atomic E-state index is 2.80. The summed E-state index contributed by atoms with van der Waals surface area (Å²) in [4.78, 5) is 2.80. The smallest absolute Gasteiger partial charge is 0.00986 e. The zero-order valence-electron chi connectivity index (χ0n) is 8.67. The first-order valence-corrected chi connectivity index (χ1v) is 5.67. The quantitative estimate of drug-likeness (QED) is 0.666. The van der Waals surface area contributed by atoms with Crippen molar-refractivity contribution in [1.29, 1.82) is 0 Å². The standard InChI is InChI=1S/C11H21N.ClH/c1-2-5-10-6-3-7-11-8-4-9-12(10)11;/h10-11H,2-9H2,1H3;1H/t10-,11-;/m0./s1. The van der Waals surface area contributed by atoms with Gasteiger partial charge in [0.1, 0.15) is 0 Å². The molecule has 13 heavy (non-hydrogen) atoms. The number of hydrogen-bond acceptors (Lipinski definition) is 1. The van der Waals surface area contributed by atoms with E-state index in [1.165, 1.54) is 51.5 Å². The fraction of sp³-hybridized carbons (Fsp3) is 1.00. The van der Waals surface area contributed by atoms with E-state index in [0.29, 0.717) is 0 Å². The molecule has 0 N–H and O–H groups in total. The first kappa shape index (κ1) is 11.3. The fourth-order valence-corrected chi connectivity index (χ4v) is 3.05. The lowest BCUT2D eigenvalue weighted by Crippen LogP contribution is -2.42. The highest BCUT2D eigenvalue weighted by Gasteiger charge is 2.32. The van der Waals surface area contributed by atoms with Crippen molar-refractivity contribution in [1.82, 2.24) is 4.90 Å². The van der Waals surface area contributed by atoms with Crippen LogP contribution in [0.5, 0.6) is 0 Å². The number of hydrogen-bond donors (Lipinski definition) is 0. The van der Waals surface area contributed by atoms with E-state index < -0.39 is 0 Å². The van der Waals surface area contributed by atoms with Crippen LogP contribution in [0.15, 0.2) is 0 Å². The molecule has 2 aliphatic heterocycles. The molecule has 2 heterocycles. The monoisotopic (exact) mass is 203 g/mol. The SMILES string of the molecule is CCC[C@H]1CCC[C@H]2CCCN21.Cl. The highest BCUT2D eigenvalue weighted by Crippen LogP contribution is 2.32. The lowest BCUT2D eigenvalue weighted by atomic mass is 9.94. The molecule has 2 fully saturated rings. The van der Waals surface area contributed by atoms with Crippen molar-refractivity contribution in [2.24, 2.45) is 0 Å². The van der Waals surface area contributed by atoms with Crippen LogP contribution in [-0.4, -0.2) is 23.5 Å². The molecule has 0 aromatic carbocycles. The normalized spacial score (nSPS) is 33.9. The Balaban J connectivity index is 0.000000845. The molecule has 2 saturated heterocycles. The van der Waals surface area contributed by atoms with Crippen molar-refractivity contribution in [3.63, 3.8) is 0 Å². The van der Waals surface area contributed by atoms with Gasteiger partial charge in [-0.05, 0) is 38.6 Å². The lowest BCUT2D eigenvalue weighted by Gasteiger charge is -2.37. The second-order valence-corrected chi connectivity index (χ2v) is 4.41. The Morgan fingerprint density at radius 1 is 1.15 bits per heavy atom. The fourth-order valence-electron chi connectivity index (χ4n) is 3.05. The van der Waals surface area contributed by atoms with Gasteiger partial charge in [0.15, 0.2) is 0 Å². The van der Waals surface area contributed by atoms with Gasteiger partial charge in [-0.25, -0.2) is 0 Å². The average Bonchev–Trinajstić information content (AvgIpc) is 2.53. The summed E-state index contributed by atoms with van der Waals surface area (Å²) in [7, 11) is 0. The molecule has 0 spiro atoms. The topological polar surface area (TPSA) is 3.24 Å². The first-order valence-electron chi connectivity index (χ1n) is 5.67. The van der Waals surface area contributed by atoms with E-state index in [4.69, 9.17) is 0 Å². The summed E-state index contributed by atoms with van der Waals surface area (Å²) in [6.07, 6.45) is 10.2. The predicted molar refractivity (Wildman–Crippen MR) is 59.5 cm³/mol. The average molecular weight is 204 g/mol. The molecule has 2 heteroatoms. The molecule has 2 rings (SSSR count). The number of fused-ring (bicyclic) bond motifs is 1. The molecule has 0 aromatic heterocycles. The Morgan fingerprint density at radius 3 is 2.69 bits per heavy atom. The molecule has 1 nitrogen and oxygen atoms in total. The van der Waals surface area contributed by atoms with Crippen LogP contribution in [-0.2, 0) is 0 Å². The van der Waals surface area contributed by atoms with E-state index in [1.54, 1.807) is 0 Å². The minimum Gasteiger partial charge on any atom is -0.297 e. The van der Waals surface area contributed by atoms with Gasteiger partial charge in [0, 0.05) is 12.1 Å². The van der Waals surface area contributed by atoms with Crippen LogP contribution in [0.1, 0.15) is 51.9 Å². The van der Waals surface area contributed by atoms with Crippen LogP contribution < -0.4 is 0 Å². The molecule has 0 radical (unpaired) electrons. The molecule has 0 saturated carbocycles. The molecule has 2 aliphatic rings. The second kappa shape index (κ2) is 5.21. The van der Waals surface area contributed by atoms with Gasteiger partial charge >= 0.3 is 0 Å². The third-order valence-corrected chi connectivity index (χ3v) is 3.59. The Bertz CT molecular complexity index is 147. The number of nitrogens with zero attached hydrogens (tertiary/aromatic N) is 1. The molecular formula is C11H22ClN. The number of halogens is 1. The van der Waals surface area contributed by atoms with E-state index in [0.717, 1.165) is 12.1 Å². The maximum absolute atomic E-state index is 2.80. The molecule has 78 valence electrons. The van der Waals surface area contributed by atoms with E-state index in [9.17, 15) is 0 Å². The van der Waals surface area contributed by atoms with E-state index in [1.807, 2.05) is 0 Å². The van der Waals surface area contributed by atoms with Crippen LogP contribution in [0.4, 0.5) is 0 Å². The maximum Gasteiger partial charge on any atom is 0.00986 e. The zero-order valence-corrected chi connectivity index (χ0v) is 9.48. The first-order chi connectivity index (χ1) is 5.92. The van der Waals surface area contributed by atoms with Crippen molar-refractivity contribution in [2.45, 2.75) is 64.0 Å². The van der Waals surface area contributed by atoms with E-state index >= 15 is 0 Å². The summed E-state index contributed by atoms with van der Waals surface area (Å²) in [5.74, 6) is 0. The van der Waals surface area contributed by atoms with E-state index in [2.05, 4.69) is 11.8 Å². The summed E-state index contributed by atoms with van der Waals surface area (Å²) in [6, 6.07) is 1.94. The Morgan fingerprint density at radius 2 is 1.92 bits per heavy atom.